The molecule has 0 unspecified atom stereocenters. The minimum Gasteiger partial charge on any atom is -0.493 e. The Kier molecular flexibility index (Phi) is 6.21. The molecule has 0 saturated carbocycles. The smallest absolute Gasteiger partial charge is 0.227 e. The lowest BCUT2D eigenvalue weighted by Crippen LogP contribution is -2.15. The number of hydrogen-bond donors (Lipinski definition) is 1. The van der Waals surface area contributed by atoms with Gasteiger partial charge >= 0.3 is 0 Å². The van der Waals surface area contributed by atoms with Gasteiger partial charge in [-0.15, -0.1) is 0 Å². The Morgan fingerprint density at radius 1 is 0.926 bits per heavy atom. The average molecular weight is 360 g/mol. The van der Waals surface area contributed by atoms with Crippen molar-refractivity contribution >= 4 is 11.6 Å². The van der Waals surface area contributed by atoms with Crippen LogP contribution in [0.2, 0.25) is 0 Å². The van der Waals surface area contributed by atoms with E-state index in [4.69, 9.17) is 4.74 Å². The fourth-order valence-corrected chi connectivity index (χ4v) is 2.73. The summed E-state index contributed by atoms with van der Waals surface area (Å²) in [5.74, 6) is 0.743. The summed E-state index contributed by atoms with van der Waals surface area (Å²) in [5, 5.41) is 2.91. The number of benzene rings is 2. The third-order valence-electron chi connectivity index (χ3n) is 4.47. The molecule has 1 amide bonds. The van der Waals surface area contributed by atoms with E-state index in [0.717, 1.165) is 17.9 Å². The van der Waals surface area contributed by atoms with Crippen molar-refractivity contribution in [2.24, 2.45) is 0 Å². The second kappa shape index (κ2) is 8.99. The van der Waals surface area contributed by atoms with E-state index in [-0.39, 0.29) is 5.91 Å². The van der Waals surface area contributed by atoms with E-state index in [9.17, 15) is 4.79 Å². The normalized spacial score (nSPS) is 10.4. The maximum atomic E-state index is 12.1. The molecule has 138 valence electrons. The van der Waals surface area contributed by atoms with Crippen molar-refractivity contribution in [2.75, 3.05) is 11.9 Å². The zero-order chi connectivity index (χ0) is 19.1. The fraction of sp³-hybridized carbons (Fsp3) is 0.217. The van der Waals surface area contributed by atoms with Crippen molar-refractivity contribution in [1.82, 2.24) is 4.98 Å². The van der Waals surface area contributed by atoms with Crippen molar-refractivity contribution in [3.63, 3.8) is 0 Å². The number of carbonyl (C=O) groups is 1. The second-order valence-electron chi connectivity index (χ2n) is 6.62. The first kappa shape index (κ1) is 18.6. The highest BCUT2D eigenvalue weighted by molar-refractivity contribution is 5.90. The van der Waals surface area contributed by atoms with Gasteiger partial charge in [0.1, 0.15) is 5.75 Å². The highest BCUT2D eigenvalue weighted by Crippen LogP contribution is 2.17. The first-order valence-electron chi connectivity index (χ1n) is 9.08. The molecule has 0 saturated heterocycles. The molecular formula is C23H24N2O2. The molecular weight excluding hydrogens is 336 g/mol. The molecule has 1 aromatic heterocycles. The number of carbonyl (C=O) groups excluding carboxylic acids is 1. The zero-order valence-corrected chi connectivity index (χ0v) is 15.7. The Labute approximate surface area is 160 Å². The number of nitrogens with zero attached hydrogens (tertiary/aromatic N) is 1. The van der Waals surface area contributed by atoms with Crippen LogP contribution in [0.4, 0.5) is 5.69 Å². The maximum absolute atomic E-state index is 12.1. The Hall–Kier alpha value is -3.14. The lowest BCUT2D eigenvalue weighted by Gasteiger charge is -2.09. The minimum absolute atomic E-state index is 0.0549. The van der Waals surface area contributed by atoms with Crippen LogP contribution >= 0.6 is 0 Å². The Bertz CT molecular complexity index is 890. The highest BCUT2D eigenvalue weighted by Gasteiger charge is 2.04. The van der Waals surface area contributed by atoms with Gasteiger partial charge in [0, 0.05) is 18.1 Å². The van der Waals surface area contributed by atoms with Gasteiger partial charge in [-0.3, -0.25) is 9.78 Å². The Morgan fingerprint density at radius 3 is 2.33 bits per heavy atom. The lowest BCUT2D eigenvalue weighted by atomic mass is 10.1. The summed E-state index contributed by atoms with van der Waals surface area (Å²) in [6, 6.07) is 17.9. The van der Waals surface area contributed by atoms with E-state index in [0.29, 0.717) is 13.0 Å². The van der Waals surface area contributed by atoms with Gasteiger partial charge in [0.05, 0.1) is 13.0 Å². The number of rotatable bonds is 7. The average Bonchev–Trinajstić information content (AvgIpc) is 2.67. The third kappa shape index (κ3) is 5.68. The van der Waals surface area contributed by atoms with Gasteiger partial charge in [0.15, 0.2) is 0 Å². The number of aryl methyl sites for hydroxylation is 2. The number of nitrogens with one attached hydrogen (secondary N) is 1. The lowest BCUT2D eigenvalue weighted by molar-refractivity contribution is -0.116. The predicted octanol–water partition coefficient (Wildman–Crippen LogP) is 4.70. The molecule has 0 atom stereocenters. The number of amides is 1. The van der Waals surface area contributed by atoms with Gasteiger partial charge < -0.3 is 10.1 Å². The van der Waals surface area contributed by atoms with Crippen LogP contribution in [0, 0.1) is 13.8 Å². The molecule has 0 radical (unpaired) electrons. The summed E-state index contributed by atoms with van der Waals surface area (Å²) in [6.07, 6.45) is 4.75. The summed E-state index contributed by atoms with van der Waals surface area (Å²) >= 11 is 0. The number of aromatic nitrogens is 1. The summed E-state index contributed by atoms with van der Waals surface area (Å²) in [4.78, 5) is 16.1. The largest absolute Gasteiger partial charge is 0.493 e. The fourth-order valence-electron chi connectivity index (χ4n) is 2.73. The van der Waals surface area contributed by atoms with E-state index in [2.05, 4.69) is 17.2 Å². The van der Waals surface area contributed by atoms with E-state index < -0.39 is 0 Å². The van der Waals surface area contributed by atoms with E-state index >= 15 is 0 Å². The molecule has 0 aliphatic carbocycles. The third-order valence-corrected chi connectivity index (χ3v) is 4.47. The van der Waals surface area contributed by atoms with Gasteiger partial charge in [-0.1, -0.05) is 18.2 Å². The molecule has 4 heteroatoms. The van der Waals surface area contributed by atoms with Crippen LogP contribution in [0.25, 0.3) is 0 Å². The molecule has 2 aromatic carbocycles. The molecule has 0 bridgehead atoms. The first-order chi connectivity index (χ1) is 13.1. The van der Waals surface area contributed by atoms with E-state index in [1.54, 1.807) is 12.4 Å². The van der Waals surface area contributed by atoms with Crippen LogP contribution in [0.1, 0.15) is 28.7 Å². The monoisotopic (exact) mass is 360 g/mol. The SMILES string of the molecule is Cc1ccc(OCCC(=O)Nc2ccc(Cc3ccncc3)cc2)cc1C. The molecule has 3 rings (SSSR count). The van der Waals surface area contributed by atoms with Crippen LogP contribution in [-0.4, -0.2) is 17.5 Å². The summed E-state index contributed by atoms with van der Waals surface area (Å²) < 4.78 is 5.67. The standard InChI is InChI=1S/C23H24N2O2/c1-17-3-8-22(15-18(17)2)27-14-11-23(26)25-21-6-4-19(5-7-21)16-20-9-12-24-13-10-20/h3-10,12-13,15H,11,14,16H2,1-2H3,(H,25,26). The maximum Gasteiger partial charge on any atom is 0.227 e. The molecule has 0 aliphatic rings. The van der Waals surface area contributed by atoms with Crippen molar-refractivity contribution in [1.29, 1.82) is 0 Å². The van der Waals surface area contributed by atoms with Crippen molar-refractivity contribution in [2.45, 2.75) is 26.7 Å². The molecule has 4 nitrogen and oxygen atoms in total. The van der Waals surface area contributed by atoms with Gasteiger partial charge in [0.25, 0.3) is 0 Å². The molecule has 0 spiro atoms. The van der Waals surface area contributed by atoms with Gasteiger partial charge in [-0.2, -0.15) is 0 Å². The van der Waals surface area contributed by atoms with Crippen molar-refractivity contribution < 1.29 is 9.53 Å². The van der Waals surface area contributed by atoms with Crippen LogP contribution in [0.5, 0.6) is 5.75 Å². The molecule has 0 fully saturated rings. The number of hydrogen-bond acceptors (Lipinski definition) is 3. The molecule has 0 aliphatic heterocycles. The Morgan fingerprint density at radius 2 is 1.63 bits per heavy atom. The van der Waals surface area contributed by atoms with Crippen molar-refractivity contribution in [3.8, 4) is 5.75 Å². The number of anilines is 1. The van der Waals surface area contributed by atoms with Crippen LogP contribution in [-0.2, 0) is 11.2 Å². The second-order valence-corrected chi connectivity index (χ2v) is 6.62. The van der Waals surface area contributed by atoms with Crippen LogP contribution in [0.3, 0.4) is 0 Å². The number of ether oxygens (including phenoxy) is 1. The van der Waals surface area contributed by atoms with Gasteiger partial charge in [-0.05, 0) is 78.9 Å². The quantitative estimate of drug-likeness (QED) is 0.665. The predicted molar refractivity (Wildman–Crippen MR) is 108 cm³/mol. The van der Waals surface area contributed by atoms with Crippen LogP contribution in [0.15, 0.2) is 67.0 Å². The number of pyridine rings is 1. The molecule has 3 aromatic rings. The zero-order valence-electron chi connectivity index (χ0n) is 15.7. The molecule has 27 heavy (non-hydrogen) atoms. The minimum atomic E-state index is -0.0549. The summed E-state index contributed by atoms with van der Waals surface area (Å²) in [5.41, 5.74) is 5.61. The summed E-state index contributed by atoms with van der Waals surface area (Å²) in [6.45, 7) is 4.47. The highest BCUT2D eigenvalue weighted by atomic mass is 16.5. The van der Waals surface area contributed by atoms with Crippen molar-refractivity contribution in [3.05, 3.63) is 89.2 Å². The van der Waals surface area contributed by atoms with Crippen LogP contribution < -0.4 is 10.1 Å². The topological polar surface area (TPSA) is 51.2 Å². The molecule has 1 heterocycles. The molecule has 1 N–H and O–H groups in total. The van der Waals surface area contributed by atoms with E-state index in [1.165, 1.54) is 22.3 Å². The summed E-state index contributed by atoms with van der Waals surface area (Å²) in [7, 11) is 0. The van der Waals surface area contributed by atoms with Gasteiger partial charge in [0.2, 0.25) is 5.91 Å². The van der Waals surface area contributed by atoms with Gasteiger partial charge in [-0.25, -0.2) is 0 Å². The Balaban J connectivity index is 1.45. The first-order valence-corrected chi connectivity index (χ1v) is 9.08. The van der Waals surface area contributed by atoms with E-state index in [1.807, 2.05) is 61.5 Å².